The van der Waals surface area contributed by atoms with Crippen LogP contribution in [0.2, 0.25) is 0 Å². The number of ether oxygens (including phenoxy) is 3. The highest BCUT2D eigenvalue weighted by Gasteiger charge is 2.55. The van der Waals surface area contributed by atoms with Crippen LogP contribution in [-0.4, -0.2) is 37.2 Å². The van der Waals surface area contributed by atoms with Crippen LogP contribution in [0.25, 0.3) is 0 Å². The number of esters is 3. The third kappa shape index (κ3) is 4.33. The molecular formula is C24H34O6. The van der Waals surface area contributed by atoms with Crippen molar-refractivity contribution in [3.63, 3.8) is 0 Å². The predicted octanol–water partition coefficient (Wildman–Crippen LogP) is 4.13. The Bertz CT molecular complexity index is 777. The summed E-state index contributed by atoms with van der Waals surface area (Å²) in [6.45, 7) is 10.2. The van der Waals surface area contributed by atoms with Crippen LogP contribution >= 0.6 is 0 Å². The summed E-state index contributed by atoms with van der Waals surface area (Å²) in [5.74, 6) is -0.748. The van der Waals surface area contributed by atoms with Crippen LogP contribution in [0, 0.1) is 22.7 Å². The number of allylic oxidation sites excluding steroid dienone is 1. The monoisotopic (exact) mass is 418 g/mol. The van der Waals surface area contributed by atoms with Crippen LogP contribution in [0.5, 0.6) is 0 Å². The highest BCUT2D eigenvalue weighted by Crippen LogP contribution is 2.61. The first-order chi connectivity index (χ1) is 14.1. The third-order valence-electron chi connectivity index (χ3n) is 7.40. The minimum atomic E-state index is -0.607. The maximum absolute atomic E-state index is 12.9. The molecule has 6 nitrogen and oxygen atoms in total. The molecule has 2 aliphatic carbocycles. The molecule has 0 aromatic carbocycles. The summed E-state index contributed by atoms with van der Waals surface area (Å²) in [4.78, 5) is 36.4. The van der Waals surface area contributed by atoms with E-state index in [4.69, 9.17) is 14.2 Å². The van der Waals surface area contributed by atoms with Crippen molar-refractivity contribution in [3.05, 3.63) is 23.3 Å². The minimum Gasteiger partial charge on any atom is -0.463 e. The van der Waals surface area contributed by atoms with E-state index < -0.39 is 18.0 Å². The lowest BCUT2D eigenvalue weighted by atomic mass is 9.47. The average molecular weight is 419 g/mol. The van der Waals surface area contributed by atoms with Crippen molar-refractivity contribution in [2.45, 2.75) is 72.8 Å². The summed E-state index contributed by atoms with van der Waals surface area (Å²) < 4.78 is 15.9. The Balaban J connectivity index is 1.92. The Kier molecular flexibility index (Phi) is 6.44. The number of fused-ring (bicyclic) bond motifs is 3. The maximum atomic E-state index is 12.9. The van der Waals surface area contributed by atoms with Gasteiger partial charge in [0.1, 0.15) is 12.7 Å². The molecule has 1 heterocycles. The second kappa shape index (κ2) is 8.56. The van der Waals surface area contributed by atoms with Gasteiger partial charge in [-0.1, -0.05) is 33.3 Å². The molecule has 166 valence electrons. The zero-order valence-electron chi connectivity index (χ0n) is 18.8. The Morgan fingerprint density at radius 3 is 2.63 bits per heavy atom. The number of rotatable bonds is 5. The van der Waals surface area contributed by atoms with Crippen molar-refractivity contribution >= 4 is 17.9 Å². The van der Waals surface area contributed by atoms with Gasteiger partial charge in [0, 0.05) is 30.1 Å². The topological polar surface area (TPSA) is 78.9 Å². The van der Waals surface area contributed by atoms with Crippen LogP contribution in [0.15, 0.2) is 23.3 Å². The van der Waals surface area contributed by atoms with E-state index >= 15 is 0 Å². The van der Waals surface area contributed by atoms with E-state index in [1.807, 2.05) is 0 Å². The summed E-state index contributed by atoms with van der Waals surface area (Å²) in [5, 5.41) is 0. The lowest BCUT2D eigenvalue weighted by Crippen LogP contribution is -2.52. The molecule has 3 aliphatic rings. The van der Waals surface area contributed by atoms with Crippen LogP contribution in [-0.2, 0) is 28.6 Å². The van der Waals surface area contributed by atoms with Gasteiger partial charge < -0.3 is 14.2 Å². The van der Waals surface area contributed by atoms with E-state index in [1.54, 1.807) is 6.92 Å². The van der Waals surface area contributed by atoms with Crippen molar-refractivity contribution < 1.29 is 28.6 Å². The molecule has 0 radical (unpaired) electrons. The van der Waals surface area contributed by atoms with Crippen molar-refractivity contribution in [1.82, 2.24) is 0 Å². The number of carbonyl (C=O) groups excluding carboxylic acids is 3. The highest BCUT2D eigenvalue weighted by molar-refractivity contribution is 5.91. The standard InChI is InChI=1S/C24H34O6/c1-6-28-21(26)12-16(14-29-15(2)25)19-13-18-17(22(27)30-19)8-9-20-23(3,4)10-7-11-24(18,20)5/h8,12,18-20H,6-7,9-11,13-14H2,1-5H3/b16-12+/t18-,19-,20-,24+/m0/s1. The van der Waals surface area contributed by atoms with Gasteiger partial charge in [0.2, 0.25) is 0 Å². The molecule has 4 atom stereocenters. The Morgan fingerprint density at radius 2 is 1.97 bits per heavy atom. The molecule has 30 heavy (non-hydrogen) atoms. The summed E-state index contributed by atoms with van der Waals surface area (Å²) in [6.07, 6.45) is 7.67. The molecule has 2 fully saturated rings. The minimum absolute atomic E-state index is 0.00000626. The third-order valence-corrected chi connectivity index (χ3v) is 7.40. The van der Waals surface area contributed by atoms with Crippen LogP contribution in [0.3, 0.4) is 0 Å². The van der Waals surface area contributed by atoms with E-state index in [-0.39, 0.29) is 35.9 Å². The van der Waals surface area contributed by atoms with E-state index in [1.165, 1.54) is 19.4 Å². The number of hydrogen-bond donors (Lipinski definition) is 0. The Labute approximate surface area is 179 Å². The number of hydrogen-bond acceptors (Lipinski definition) is 6. The second-order valence-corrected chi connectivity index (χ2v) is 9.73. The molecule has 0 N–H and O–H groups in total. The molecule has 3 rings (SSSR count). The van der Waals surface area contributed by atoms with E-state index in [0.717, 1.165) is 24.8 Å². The molecule has 0 unspecified atom stereocenters. The largest absolute Gasteiger partial charge is 0.463 e. The van der Waals surface area contributed by atoms with Gasteiger partial charge in [-0.3, -0.25) is 4.79 Å². The fourth-order valence-corrected chi connectivity index (χ4v) is 5.97. The molecule has 0 aromatic rings. The van der Waals surface area contributed by atoms with Gasteiger partial charge in [0.25, 0.3) is 0 Å². The lowest BCUT2D eigenvalue weighted by molar-refractivity contribution is -0.155. The van der Waals surface area contributed by atoms with E-state index in [9.17, 15) is 14.4 Å². The summed E-state index contributed by atoms with van der Waals surface area (Å²) in [5.41, 5.74) is 1.45. The van der Waals surface area contributed by atoms with Gasteiger partial charge >= 0.3 is 17.9 Å². The first-order valence-electron chi connectivity index (χ1n) is 11.0. The predicted molar refractivity (Wildman–Crippen MR) is 111 cm³/mol. The first-order valence-corrected chi connectivity index (χ1v) is 11.0. The number of cyclic esters (lactones) is 1. The fraction of sp³-hybridized carbons (Fsp3) is 0.708. The van der Waals surface area contributed by atoms with Crippen LogP contribution in [0.1, 0.15) is 66.7 Å². The van der Waals surface area contributed by atoms with Gasteiger partial charge in [0.15, 0.2) is 0 Å². The Morgan fingerprint density at radius 1 is 1.23 bits per heavy atom. The summed E-state index contributed by atoms with van der Waals surface area (Å²) >= 11 is 0. The first kappa shape index (κ1) is 22.6. The molecule has 0 aromatic heterocycles. The molecule has 1 saturated carbocycles. The van der Waals surface area contributed by atoms with Gasteiger partial charge in [-0.15, -0.1) is 0 Å². The smallest absolute Gasteiger partial charge is 0.334 e. The molecular weight excluding hydrogens is 384 g/mol. The maximum Gasteiger partial charge on any atom is 0.334 e. The quantitative estimate of drug-likeness (QED) is 0.379. The summed E-state index contributed by atoms with van der Waals surface area (Å²) in [7, 11) is 0. The molecule has 0 bridgehead atoms. The molecule has 0 spiro atoms. The van der Waals surface area contributed by atoms with Gasteiger partial charge in [-0.25, -0.2) is 9.59 Å². The average Bonchev–Trinajstić information content (AvgIpc) is 2.65. The van der Waals surface area contributed by atoms with E-state index in [2.05, 4.69) is 26.8 Å². The zero-order valence-corrected chi connectivity index (χ0v) is 18.8. The lowest BCUT2D eigenvalue weighted by Gasteiger charge is -2.58. The fourth-order valence-electron chi connectivity index (χ4n) is 5.97. The molecule has 0 amide bonds. The normalized spacial score (nSPS) is 32.8. The summed E-state index contributed by atoms with van der Waals surface area (Å²) in [6, 6.07) is 0. The highest BCUT2D eigenvalue weighted by atomic mass is 16.6. The SMILES string of the molecule is CCOC(=O)/C=C(\COC(C)=O)[C@@H]1C[C@H]2C(=CC[C@H]3C(C)(C)CCC[C@]23C)C(=O)O1. The molecule has 1 saturated heterocycles. The van der Waals surface area contributed by atoms with E-state index in [0.29, 0.717) is 17.9 Å². The van der Waals surface area contributed by atoms with Crippen LogP contribution in [0.4, 0.5) is 0 Å². The zero-order chi connectivity index (χ0) is 22.1. The number of carbonyl (C=O) groups is 3. The van der Waals surface area contributed by atoms with Crippen molar-refractivity contribution in [1.29, 1.82) is 0 Å². The van der Waals surface area contributed by atoms with Crippen LogP contribution < -0.4 is 0 Å². The Hall–Kier alpha value is -2.11. The van der Waals surface area contributed by atoms with Crippen molar-refractivity contribution in [3.8, 4) is 0 Å². The van der Waals surface area contributed by atoms with Gasteiger partial charge in [-0.2, -0.15) is 0 Å². The molecule has 6 heteroatoms. The van der Waals surface area contributed by atoms with Crippen molar-refractivity contribution in [2.75, 3.05) is 13.2 Å². The van der Waals surface area contributed by atoms with Crippen molar-refractivity contribution in [2.24, 2.45) is 22.7 Å². The van der Waals surface area contributed by atoms with Gasteiger partial charge in [0.05, 0.1) is 6.61 Å². The van der Waals surface area contributed by atoms with Gasteiger partial charge in [-0.05, 0) is 49.4 Å². The second-order valence-electron chi connectivity index (χ2n) is 9.73. The molecule has 1 aliphatic heterocycles.